The summed E-state index contributed by atoms with van der Waals surface area (Å²) in [5.74, 6) is 1.72. The molecule has 0 radical (unpaired) electrons. The van der Waals surface area contributed by atoms with Crippen molar-refractivity contribution in [3.63, 3.8) is 0 Å². The quantitative estimate of drug-likeness (QED) is 0.897. The maximum Gasteiger partial charge on any atom is 0.221 e. The molecule has 1 aromatic heterocycles. The van der Waals surface area contributed by atoms with Gasteiger partial charge in [-0.25, -0.2) is 4.68 Å². The van der Waals surface area contributed by atoms with Crippen molar-refractivity contribution < 1.29 is 9.47 Å². The van der Waals surface area contributed by atoms with Gasteiger partial charge in [0.25, 0.3) is 0 Å². The molecule has 0 aromatic carbocycles. The highest BCUT2D eigenvalue weighted by Crippen LogP contribution is 2.35. The van der Waals surface area contributed by atoms with Gasteiger partial charge in [-0.05, 0) is 39.0 Å². The summed E-state index contributed by atoms with van der Waals surface area (Å²) in [5, 5.41) is 8.07. The molecular weight excluding hydrogens is 256 g/mol. The summed E-state index contributed by atoms with van der Waals surface area (Å²) < 4.78 is 13.8. The first-order valence-corrected chi connectivity index (χ1v) is 7.78. The van der Waals surface area contributed by atoms with Crippen LogP contribution in [-0.4, -0.2) is 40.1 Å². The van der Waals surface area contributed by atoms with E-state index in [1.54, 1.807) is 0 Å². The van der Waals surface area contributed by atoms with Crippen molar-refractivity contribution in [1.82, 2.24) is 14.8 Å². The van der Waals surface area contributed by atoms with Gasteiger partial charge < -0.3 is 14.8 Å². The molecule has 20 heavy (non-hydrogen) atoms. The van der Waals surface area contributed by atoms with E-state index in [0.717, 1.165) is 57.0 Å². The Morgan fingerprint density at radius 3 is 2.95 bits per heavy atom. The fraction of sp³-hybridized carbons (Fsp3) is 0.857. The Labute approximate surface area is 118 Å². The average molecular weight is 278 g/mol. The zero-order valence-electron chi connectivity index (χ0n) is 11.9. The van der Waals surface area contributed by atoms with Gasteiger partial charge in [0.05, 0.1) is 18.2 Å². The lowest BCUT2D eigenvalue weighted by atomic mass is 10.0. The Morgan fingerprint density at radius 2 is 2.20 bits per heavy atom. The van der Waals surface area contributed by atoms with E-state index in [1.807, 2.05) is 4.68 Å². The molecule has 0 saturated carbocycles. The topological polar surface area (TPSA) is 61.2 Å². The van der Waals surface area contributed by atoms with Gasteiger partial charge in [0.15, 0.2) is 5.82 Å². The first-order chi connectivity index (χ1) is 9.81. The molecule has 0 aliphatic carbocycles. The summed E-state index contributed by atoms with van der Waals surface area (Å²) in [5.41, 5.74) is 0. The minimum absolute atomic E-state index is 0.0824. The first kappa shape index (κ1) is 12.6. The lowest BCUT2D eigenvalue weighted by molar-refractivity contribution is 0.0167. The molecule has 0 spiro atoms. The Kier molecular flexibility index (Phi) is 3.15. The molecule has 6 heteroatoms. The molecule has 3 aliphatic rings. The first-order valence-electron chi connectivity index (χ1n) is 7.78. The summed E-state index contributed by atoms with van der Waals surface area (Å²) in [7, 11) is 0. The standard InChI is InChI=1S/C14H22N4O2/c1-9-4-5-11(20-9)10-6-7-15-14-16-13(17-18(10)14)12-3-2-8-19-12/h9-12H,2-8H2,1H3,(H,15,16,17). The second-order valence-corrected chi connectivity index (χ2v) is 6.09. The van der Waals surface area contributed by atoms with Gasteiger partial charge in [-0.15, -0.1) is 0 Å². The lowest BCUT2D eigenvalue weighted by Crippen LogP contribution is -2.32. The predicted molar refractivity (Wildman–Crippen MR) is 73.7 cm³/mol. The van der Waals surface area contributed by atoms with Gasteiger partial charge in [-0.1, -0.05) is 0 Å². The molecule has 4 rings (SSSR count). The van der Waals surface area contributed by atoms with Crippen LogP contribution in [-0.2, 0) is 9.47 Å². The molecule has 6 nitrogen and oxygen atoms in total. The van der Waals surface area contributed by atoms with Crippen LogP contribution in [0.2, 0.25) is 0 Å². The molecule has 0 amide bonds. The van der Waals surface area contributed by atoms with Crippen LogP contribution in [0.1, 0.15) is 57.0 Å². The van der Waals surface area contributed by atoms with E-state index >= 15 is 0 Å². The highest BCUT2D eigenvalue weighted by Gasteiger charge is 2.36. The Balaban J connectivity index is 1.59. The van der Waals surface area contributed by atoms with Gasteiger partial charge in [0.1, 0.15) is 6.10 Å². The third-order valence-corrected chi connectivity index (χ3v) is 4.60. The molecule has 2 saturated heterocycles. The molecular formula is C14H22N4O2. The van der Waals surface area contributed by atoms with Crippen LogP contribution in [0, 0.1) is 0 Å². The summed E-state index contributed by atoms with van der Waals surface area (Å²) in [4.78, 5) is 4.63. The molecule has 3 aliphatic heterocycles. The third kappa shape index (κ3) is 2.11. The minimum Gasteiger partial charge on any atom is -0.373 e. The normalized spacial score (nSPS) is 36.9. The zero-order valence-corrected chi connectivity index (χ0v) is 11.9. The van der Waals surface area contributed by atoms with E-state index in [-0.39, 0.29) is 12.2 Å². The second-order valence-electron chi connectivity index (χ2n) is 6.09. The van der Waals surface area contributed by atoms with Crippen LogP contribution in [0.3, 0.4) is 0 Å². The lowest BCUT2D eigenvalue weighted by Gasteiger charge is -2.28. The van der Waals surface area contributed by atoms with Gasteiger partial charge in [0, 0.05) is 13.2 Å². The summed E-state index contributed by atoms with van der Waals surface area (Å²) in [6.07, 6.45) is 6.21. The Morgan fingerprint density at radius 1 is 1.25 bits per heavy atom. The molecule has 4 atom stereocenters. The summed E-state index contributed by atoms with van der Waals surface area (Å²) in [6, 6.07) is 0.318. The monoisotopic (exact) mass is 278 g/mol. The number of rotatable bonds is 2. The zero-order chi connectivity index (χ0) is 13.5. The molecule has 110 valence electrons. The van der Waals surface area contributed by atoms with Crippen molar-refractivity contribution in [2.24, 2.45) is 0 Å². The average Bonchev–Trinajstić information content (AvgIpc) is 3.17. The fourth-order valence-electron chi connectivity index (χ4n) is 3.52. The maximum atomic E-state index is 6.04. The van der Waals surface area contributed by atoms with E-state index in [1.165, 1.54) is 0 Å². The van der Waals surface area contributed by atoms with Crippen molar-refractivity contribution in [3.8, 4) is 0 Å². The van der Waals surface area contributed by atoms with Gasteiger partial charge in [-0.3, -0.25) is 0 Å². The second kappa shape index (κ2) is 5.00. The summed E-state index contributed by atoms with van der Waals surface area (Å²) in [6.45, 7) is 3.93. The molecule has 1 N–H and O–H groups in total. The van der Waals surface area contributed by atoms with Crippen LogP contribution in [0.25, 0.3) is 0 Å². The highest BCUT2D eigenvalue weighted by atomic mass is 16.5. The number of ether oxygens (including phenoxy) is 2. The number of nitrogens with zero attached hydrogens (tertiary/aromatic N) is 3. The van der Waals surface area contributed by atoms with E-state index < -0.39 is 0 Å². The van der Waals surface area contributed by atoms with Gasteiger partial charge in [-0.2, -0.15) is 10.1 Å². The smallest absolute Gasteiger partial charge is 0.221 e. The summed E-state index contributed by atoms with van der Waals surface area (Å²) >= 11 is 0. The molecule has 4 unspecified atom stereocenters. The van der Waals surface area contributed by atoms with E-state index in [4.69, 9.17) is 14.6 Å². The van der Waals surface area contributed by atoms with Crippen LogP contribution in [0.15, 0.2) is 0 Å². The third-order valence-electron chi connectivity index (χ3n) is 4.60. The molecule has 2 fully saturated rings. The number of anilines is 1. The molecule has 4 heterocycles. The number of hydrogen-bond donors (Lipinski definition) is 1. The maximum absolute atomic E-state index is 6.04. The van der Waals surface area contributed by atoms with E-state index in [2.05, 4.69) is 17.2 Å². The van der Waals surface area contributed by atoms with Crippen molar-refractivity contribution in [1.29, 1.82) is 0 Å². The number of fused-ring (bicyclic) bond motifs is 1. The van der Waals surface area contributed by atoms with Crippen molar-refractivity contribution in [2.45, 2.75) is 63.4 Å². The van der Waals surface area contributed by atoms with Crippen LogP contribution in [0.5, 0.6) is 0 Å². The van der Waals surface area contributed by atoms with Crippen LogP contribution >= 0.6 is 0 Å². The largest absolute Gasteiger partial charge is 0.373 e. The SMILES string of the molecule is CC1CCC(C2CCNc3nc(C4CCCO4)nn32)O1. The molecule has 1 aromatic rings. The van der Waals surface area contributed by atoms with Gasteiger partial charge >= 0.3 is 0 Å². The van der Waals surface area contributed by atoms with Gasteiger partial charge in [0.2, 0.25) is 5.95 Å². The van der Waals surface area contributed by atoms with Crippen LogP contribution in [0.4, 0.5) is 5.95 Å². The van der Waals surface area contributed by atoms with Crippen LogP contribution < -0.4 is 5.32 Å². The van der Waals surface area contributed by atoms with Crippen molar-refractivity contribution in [3.05, 3.63) is 5.82 Å². The Hall–Kier alpha value is -1.14. The van der Waals surface area contributed by atoms with Crippen molar-refractivity contribution >= 4 is 5.95 Å². The number of aromatic nitrogens is 3. The fourth-order valence-corrected chi connectivity index (χ4v) is 3.52. The van der Waals surface area contributed by atoms with E-state index in [9.17, 15) is 0 Å². The molecule has 0 bridgehead atoms. The number of hydrogen-bond acceptors (Lipinski definition) is 5. The van der Waals surface area contributed by atoms with Crippen molar-refractivity contribution in [2.75, 3.05) is 18.5 Å². The number of nitrogens with one attached hydrogen (secondary N) is 1. The Bertz CT molecular complexity index is 484. The highest BCUT2D eigenvalue weighted by molar-refractivity contribution is 5.29. The predicted octanol–water partition coefficient (Wildman–Crippen LogP) is 2.05. The minimum atomic E-state index is 0.0824. The van der Waals surface area contributed by atoms with E-state index in [0.29, 0.717) is 12.1 Å².